The van der Waals surface area contributed by atoms with Crippen molar-refractivity contribution in [2.45, 2.75) is 66.6 Å². The standard InChI is InChI=1S/C29H34N2O8S/c1-7-36-29(34)25-20-10-8-15(2)12-24(20)40-27(25)30-26(32)18(5)38-28(33)19-9-11-22(23(13-19)35-6)37-14-21-16(3)31-39-17(21)4/h9,11,13,15,18H,7-8,10,12,14H2,1-6H3,(H,30,32)/t15-,18-/m0/s1. The van der Waals surface area contributed by atoms with Crippen LogP contribution in [0.5, 0.6) is 11.5 Å². The van der Waals surface area contributed by atoms with Crippen LogP contribution in [0.2, 0.25) is 0 Å². The summed E-state index contributed by atoms with van der Waals surface area (Å²) in [6.45, 7) is 9.46. The van der Waals surface area contributed by atoms with E-state index in [1.54, 1.807) is 19.9 Å². The molecule has 0 bridgehead atoms. The molecule has 1 N–H and O–H groups in total. The van der Waals surface area contributed by atoms with Gasteiger partial charge in [-0.1, -0.05) is 12.1 Å². The molecule has 2 atom stereocenters. The Labute approximate surface area is 236 Å². The Hall–Kier alpha value is -3.86. The first kappa shape index (κ1) is 29.1. The van der Waals surface area contributed by atoms with Gasteiger partial charge in [-0.25, -0.2) is 9.59 Å². The quantitative estimate of drug-likeness (QED) is 0.318. The fourth-order valence-corrected chi connectivity index (χ4v) is 5.93. The van der Waals surface area contributed by atoms with Gasteiger partial charge in [-0.15, -0.1) is 11.3 Å². The van der Waals surface area contributed by atoms with Gasteiger partial charge in [0.2, 0.25) is 0 Å². The summed E-state index contributed by atoms with van der Waals surface area (Å²) < 4.78 is 27.1. The van der Waals surface area contributed by atoms with Crippen molar-refractivity contribution in [1.29, 1.82) is 0 Å². The molecular weight excluding hydrogens is 536 g/mol. The number of anilines is 1. The monoisotopic (exact) mass is 570 g/mol. The smallest absolute Gasteiger partial charge is 0.341 e. The second kappa shape index (κ2) is 12.5. The van der Waals surface area contributed by atoms with Gasteiger partial charge in [-0.2, -0.15) is 0 Å². The number of rotatable bonds is 10. The number of hydrogen-bond acceptors (Lipinski definition) is 10. The maximum absolute atomic E-state index is 13.0. The lowest BCUT2D eigenvalue weighted by Gasteiger charge is -2.18. The molecule has 0 radical (unpaired) electrons. The number of hydrogen-bond donors (Lipinski definition) is 1. The molecule has 0 saturated carbocycles. The number of benzene rings is 1. The SMILES string of the molecule is CCOC(=O)c1c(NC(=O)[C@H](C)OC(=O)c2ccc(OCc3c(C)noc3C)c(OC)c2)sc2c1CC[C@H](C)C2. The van der Waals surface area contributed by atoms with Crippen LogP contribution in [-0.4, -0.2) is 42.8 Å². The van der Waals surface area contributed by atoms with E-state index < -0.39 is 23.9 Å². The second-order valence-electron chi connectivity index (χ2n) is 9.77. The highest BCUT2D eigenvalue weighted by atomic mass is 32.1. The molecule has 4 rings (SSSR count). The van der Waals surface area contributed by atoms with Crippen LogP contribution in [0, 0.1) is 19.8 Å². The zero-order valence-electron chi connectivity index (χ0n) is 23.5. The minimum Gasteiger partial charge on any atom is -0.493 e. The van der Waals surface area contributed by atoms with Crippen LogP contribution in [0.25, 0.3) is 0 Å². The van der Waals surface area contributed by atoms with Crippen LogP contribution < -0.4 is 14.8 Å². The van der Waals surface area contributed by atoms with Crippen LogP contribution in [0.1, 0.15) is 75.4 Å². The molecule has 214 valence electrons. The Bertz CT molecular complexity index is 1390. The predicted octanol–water partition coefficient (Wildman–Crippen LogP) is 5.43. The molecule has 0 fully saturated rings. The van der Waals surface area contributed by atoms with Gasteiger partial charge >= 0.3 is 11.9 Å². The molecule has 0 unspecified atom stereocenters. The van der Waals surface area contributed by atoms with Gasteiger partial charge in [0.05, 0.1) is 36.1 Å². The first-order chi connectivity index (χ1) is 19.1. The van der Waals surface area contributed by atoms with Crippen molar-refractivity contribution in [3.63, 3.8) is 0 Å². The summed E-state index contributed by atoms with van der Waals surface area (Å²) in [4.78, 5) is 39.7. The van der Waals surface area contributed by atoms with Gasteiger partial charge in [-0.3, -0.25) is 4.79 Å². The lowest BCUT2D eigenvalue weighted by molar-refractivity contribution is -0.123. The minimum atomic E-state index is -1.12. The Morgan fingerprint density at radius 2 is 1.98 bits per heavy atom. The number of aryl methyl sites for hydroxylation is 2. The van der Waals surface area contributed by atoms with E-state index in [4.69, 9.17) is 23.5 Å². The summed E-state index contributed by atoms with van der Waals surface area (Å²) in [5, 5.41) is 7.13. The molecule has 0 spiro atoms. The number of carbonyl (C=O) groups excluding carboxylic acids is 3. The fraction of sp³-hybridized carbons (Fsp3) is 0.448. The largest absolute Gasteiger partial charge is 0.493 e. The molecular formula is C29H34N2O8S. The number of amides is 1. The molecule has 1 aromatic carbocycles. The topological polar surface area (TPSA) is 126 Å². The first-order valence-corrected chi connectivity index (χ1v) is 14.0. The number of fused-ring (bicyclic) bond motifs is 1. The van der Waals surface area contributed by atoms with E-state index in [9.17, 15) is 14.4 Å². The van der Waals surface area contributed by atoms with E-state index in [2.05, 4.69) is 17.4 Å². The van der Waals surface area contributed by atoms with Crippen molar-refractivity contribution in [3.8, 4) is 11.5 Å². The van der Waals surface area contributed by atoms with Crippen molar-refractivity contribution in [1.82, 2.24) is 5.16 Å². The van der Waals surface area contributed by atoms with Crippen molar-refractivity contribution >= 4 is 34.2 Å². The van der Waals surface area contributed by atoms with E-state index in [1.807, 2.05) is 6.92 Å². The summed E-state index contributed by atoms with van der Waals surface area (Å²) in [7, 11) is 1.46. The van der Waals surface area contributed by atoms with E-state index in [-0.39, 0.29) is 18.8 Å². The molecule has 11 heteroatoms. The van der Waals surface area contributed by atoms with Gasteiger partial charge in [0.1, 0.15) is 17.4 Å². The van der Waals surface area contributed by atoms with Crippen molar-refractivity contribution in [3.05, 3.63) is 56.8 Å². The average Bonchev–Trinajstić information content (AvgIpc) is 3.44. The number of carbonyl (C=O) groups is 3. The summed E-state index contributed by atoms with van der Waals surface area (Å²) in [6, 6.07) is 4.62. The predicted molar refractivity (Wildman–Crippen MR) is 148 cm³/mol. The lowest BCUT2D eigenvalue weighted by Crippen LogP contribution is -2.30. The number of methoxy groups -OCH3 is 1. The summed E-state index contributed by atoms with van der Waals surface area (Å²) >= 11 is 1.38. The Morgan fingerprint density at radius 1 is 1.20 bits per heavy atom. The molecule has 0 aliphatic heterocycles. The fourth-order valence-electron chi connectivity index (χ4n) is 4.53. The molecule has 2 heterocycles. The molecule has 1 aliphatic carbocycles. The number of thiophene rings is 1. The normalized spacial score (nSPS) is 15.1. The number of esters is 2. The Balaban J connectivity index is 1.43. The van der Waals surface area contributed by atoms with Crippen LogP contribution in [0.15, 0.2) is 22.7 Å². The summed E-state index contributed by atoms with van der Waals surface area (Å²) in [5.41, 5.74) is 3.09. The second-order valence-corrected chi connectivity index (χ2v) is 10.9. The number of aromatic nitrogens is 1. The van der Waals surface area contributed by atoms with Crippen LogP contribution in [0.3, 0.4) is 0 Å². The van der Waals surface area contributed by atoms with Crippen molar-refractivity contribution in [2.75, 3.05) is 19.0 Å². The highest BCUT2D eigenvalue weighted by Crippen LogP contribution is 2.40. The molecule has 10 nitrogen and oxygen atoms in total. The van der Waals surface area contributed by atoms with E-state index in [0.29, 0.717) is 33.7 Å². The lowest BCUT2D eigenvalue weighted by atomic mass is 9.88. The maximum atomic E-state index is 13.0. The molecule has 1 amide bonds. The van der Waals surface area contributed by atoms with Gasteiger partial charge < -0.3 is 28.8 Å². The molecule has 3 aromatic rings. The molecule has 0 saturated heterocycles. The maximum Gasteiger partial charge on any atom is 0.341 e. The third kappa shape index (κ3) is 6.30. The first-order valence-electron chi connectivity index (χ1n) is 13.2. The zero-order chi connectivity index (χ0) is 29.0. The Morgan fingerprint density at radius 3 is 2.65 bits per heavy atom. The third-order valence-electron chi connectivity index (χ3n) is 6.83. The zero-order valence-corrected chi connectivity index (χ0v) is 24.4. The van der Waals surface area contributed by atoms with Gasteiger partial charge in [0.25, 0.3) is 5.91 Å². The summed E-state index contributed by atoms with van der Waals surface area (Å²) in [5.74, 6) is 0.200. The van der Waals surface area contributed by atoms with Crippen LogP contribution in [0.4, 0.5) is 5.00 Å². The minimum absolute atomic E-state index is 0.189. The molecule has 2 aromatic heterocycles. The summed E-state index contributed by atoms with van der Waals surface area (Å²) in [6.07, 6.45) is 1.43. The molecule has 40 heavy (non-hydrogen) atoms. The number of nitrogens with one attached hydrogen (secondary N) is 1. The Kier molecular flexibility index (Phi) is 9.14. The van der Waals surface area contributed by atoms with E-state index in [0.717, 1.165) is 41.0 Å². The number of ether oxygens (including phenoxy) is 4. The molecule has 1 aliphatic rings. The van der Waals surface area contributed by atoms with E-state index in [1.165, 1.54) is 37.5 Å². The number of nitrogens with zero attached hydrogens (tertiary/aromatic N) is 1. The van der Waals surface area contributed by atoms with Crippen LogP contribution >= 0.6 is 11.3 Å². The van der Waals surface area contributed by atoms with Gasteiger partial charge in [-0.05, 0) is 76.6 Å². The van der Waals surface area contributed by atoms with Crippen molar-refractivity contribution < 1.29 is 37.9 Å². The third-order valence-corrected chi connectivity index (χ3v) is 8.00. The van der Waals surface area contributed by atoms with E-state index >= 15 is 0 Å². The van der Waals surface area contributed by atoms with Crippen molar-refractivity contribution in [2.24, 2.45) is 5.92 Å². The average molecular weight is 571 g/mol. The highest BCUT2D eigenvalue weighted by molar-refractivity contribution is 7.17. The van der Waals surface area contributed by atoms with Crippen LogP contribution in [-0.2, 0) is 33.7 Å². The van der Waals surface area contributed by atoms with Gasteiger partial charge in [0, 0.05) is 4.88 Å². The highest BCUT2D eigenvalue weighted by Gasteiger charge is 2.30. The van der Waals surface area contributed by atoms with Gasteiger partial charge in [0.15, 0.2) is 17.6 Å².